The van der Waals surface area contributed by atoms with Crippen molar-refractivity contribution in [2.45, 2.75) is 0 Å². The highest BCUT2D eigenvalue weighted by Gasteiger charge is 2.19. The molecule has 0 saturated carbocycles. The molecule has 5 heteroatoms. The number of benzene rings is 8. The Labute approximate surface area is 316 Å². The molecule has 55 heavy (non-hydrogen) atoms. The molecule has 0 unspecified atom stereocenters. The molecule has 3 heterocycles. The van der Waals surface area contributed by atoms with Crippen molar-refractivity contribution in [2.75, 3.05) is 0 Å². The molecule has 0 saturated heterocycles. The molecular formula is C50H29N5. The predicted molar refractivity (Wildman–Crippen MR) is 224 cm³/mol. The molecule has 11 rings (SSSR count). The highest BCUT2D eigenvalue weighted by Crippen LogP contribution is 2.39. The van der Waals surface area contributed by atoms with E-state index < -0.39 is 0 Å². The Bertz CT molecular complexity index is 3420. The van der Waals surface area contributed by atoms with Gasteiger partial charge in [0.05, 0.1) is 56.0 Å². The van der Waals surface area contributed by atoms with Gasteiger partial charge in [0, 0.05) is 43.7 Å². The van der Waals surface area contributed by atoms with Crippen LogP contribution in [0.4, 0.5) is 0 Å². The molecule has 0 aliphatic heterocycles. The van der Waals surface area contributed by atoms with Crippen LogP contribution in [0.25, 0.3) is 93.6 Å². The number of rotatable bonds is 4. The SMILES string of the molecule is N#Cc1ccc2c(c1)c1ccccc1n2-c1cc(-c2cccc(-n3c4ccccc4c4ccc(-n5c6ccccc6c6ccccc65)cc43)c2)ccc1C#N. The summed E-state index contributed by atoms with van der Waals surface area (Å²) in [5.41, 5.74) is 12.7. The van der Waals surface area contributed by atoms with Crippen LogP contribution < -0.4 is 0 Å². The molecule has 11 aromatic rings. The first-order valence-corrected chi connectivity index (χ1v) is 18.3. The van der Waals surface area contributed by atoms with Gasteiger partial charge in [-0.05, 0) is 90.0 Å². The molecule has 0 spiro atoms. The van der Waals surface area contributed by atoms with E-state index >= 15 is 0 Å². The van der Waals surface area contributed by atoms with Gasteiger partial charge in [0.1, 0.15) is 6.07 Å². The summed E-state index contributed by atoms with van der Waals surface area (Å²) in [5.74, 6) is 0. The van der Waals surface area contributed by atoms with E-state index in [9.17, 15) is 10.5 Å². The van der Waals surface area contributed by atoms with Crippen LogP contribution in [0.5, 0.6) is 0 Å². The third-order valence-electron chi connectivity index (χ3n) is 11.1. The summed E-state index contributed by atoms with van der Waals surface area (Å²) >= 11 is 0. The number of aromatic nitrogens is 3. The van der Waals surface area contributed by atoms with Crippen LogP contribution in [-0.2, 0) is 0 Å². The minimum Gasteiger partial charge on any atom is -0.309 e. The summed E-state index contributed by atoms with van der Waals surface area (Å²) in [6.45, 7) is 0. The van der Waals surface area contributed by atoms with Gasteiger partial charge in [-0.2, -0.15) is 10.5 Å². The van der Waals surface area contributed by atoms with Gasteiger partial charge in [-0.25, -0.2) is 0 Å². The van der Waals surface area contributed by atoms with E-state index in [1.165, 1.54) is 32.6 Å². The van der Waals surface area contributed by atoms with E-state index in [4.69, 9.17) is 0 Å². The predicted octanol–water partition coefficient (Wildman–Crippen LogP) is 12.4. The summed E-state index contributed by atoms with van der Waals surface area (Å²) < 4.78 is 6.90. The van der Waals surface area contributed by atoms with E-state index in [-0.39, 0.29) is 0 Å². The van der Waals surface area contributed by atoms with Gasteiger partial charge in [0.15, 0.2) is 0 Å². The lowest BCUT2D eigenvalue weighted by Crippen LogP contribution is -1.99. The Morgan fingerprint density at radius 3 is 1.49 bits per heavy atom. The highest BCUT2D eigenvalue weighted by molar-refractivity contribution is 6.12. The first kappa shape index (κ1) is 30.7. The van der Waals surface area contributed by atoms with E-state index in [1.807, 2.05) is 42.5 Å². The maximum Gasteiger partial charge on any atom is 0.101 e. The lowest BCUT2D eigenvalue weighted by Gasteiger charge is -2.14. The lowest BCUT2D eigenvalue weighted by atomic mass is 10.0. The zero-order valence-electron chi connectivity index (χ0n) is 29.5. The molecule has 254 valence electrons. The smallest absolute Gasteiger partial charge is 0.101 e. The van der Waals surface area contributed by atoms with Crippen molar-refractivity contribution in [3.05, 3.63) is 187 Å². The maximum absolute atomic E-state index is 10.4. The van der Waals surface area contributed by atoms with E-state index in [2.05, 4.69) is 159 Å². The molecule has 0 N–H and O–H groups in total. The summed E-state index contributed by atoms with van der Waals surface area (Å²) in [6.07, 6.45) is 0. The molecule has 5 nitrogen and oxygen atoms in total. The van der Waals surface area contributed by atoms with Crippen molar-refractivity contribution in [1.29, 1.82) is 10.5 Å². The number of hydrogen-bond donors (Lipinski definition) is 0. The summed E-state index contributed by atoms with van der Waals surface area (Å²) in [4.78, 5) is 0. The Morgan fingerprint density at radius 1 is 0.327 bits per heavy atom. The maximum atomic E-state index is 10.4. The Balaban J connectivity index is 1.11. The van der Waals surface area contributed by atoms with E-state index in [0.717, 1.165) is 61.0 Å². The summed E-state index contributed by atoms with van der Waals surface area (Å²) in [6, 6.07) is 66.1. The number of nitrogens with zero attached hydrogens (tertiary/aromatic N) is 5. The second-order valence-electron chi connectivity index (χ2n) is 14.0. The molecular weight excluding hydrogens is 671 g/mol. The van der Waals surface area contributed by atoms with Crippen LogP contribution in [-0.4, -0.2) is 13.7 Å². The van der Waals surface area contributed by atoms with Gasteiger partial charge in [-0.15, -0.1) is 0 Å². The second kappa shape index (κ2) is 11.8. The lowest BCUT2D eigenvalue weighted by molar-refractivity contribution is 1.15. The van der Waals surface area contributed by atoms with Gasteiger partial charge < -0.3 is 13.7 Å². The molecule has 0 aliphatic carbocycles. The third kappa shape index (κ3) is 4.51. The Hall–Kier alpha value is -7.86. The van der Waals surface area contributed by atoms with Crippen molar-refractivity contribution >= 4 is 65.4 Å². The van der Waals surface area contributed by atoms with Gasteiger partial charge in [-0.3, -0.25) is 0 Å². The molecule has 0 radical (unpaired) electrons. The fourth-order valence-electron chi connectivity index (χ4n) is 8.69. The molecule has 8 aromatic carbocycles. The van der Waals surface area contributed by atoms with Gasteiger partial charge in [0.25, 0.3) is 0 Å². The van der Waals surface area contributed by atoms with Crippen molar-refractivity contribution < 1.29 is 0 Å². The van der Waals surface area contributed by atoms with Crippen LogP contribution in [0.1, 0.15) is 11.1 Å². The molecule has 0 atom stereocenters. The summed E-state index contributed by atoms with van der Waals surface area (Å²) in [7, 11) is 0. The van der Waals surface area contributed by atoms with E-state index in [1.54, 1.807) is 0 Å². The normalized spacial score (nSPS) is 11.6. The molecule has 0 fully saturated rings. The zero-order valence-corrected chi connectivity index (χ0v) is 29.5. The largest absolute Gasteiger partial charge is 0.309 e. The minimum atomic E-state index is 0.576. The molecule has 0 bridgehead atoms. The number of para-hydroxylation sites is 4. The van der Waals surface area contributed by atoms with Crippen LogP contribution in [0.2, 0.25) is 0 Å². The standard InChI is InChI=1S/C50H29N5/c51-30-32-20-25-48-43(26-32)41-15-4-8-19-47(41)55(48)49-28-34(21-22-35(49)31-52)33-10-9-11-36(27-33)54-46-18-7-3-14-40(46)42-24-23-37(29-50(42)54)53-44-16-5-1-12-38(44)39-13-2-6-17-45(39)53/h1-29H. The fourth-order valence-corrected chi connectivity index (χ4v) is 8.69. The summed E-state index contributed by atoms with van der Waals surface area (Å²) in [5, 5.41) is 26.9. The minimum absolute atomic E-state index is 0.576. The number of hydrogen-bond acceptors (Lipinski definition) is 2. The quantitative estimate of drug-likeness (QED) is 0.184. The fraction of sp³-hybridized carbons (Fsp3) is 0. The van der Waals surface area contributed by atoms with Crippen LogP contribution >= 0.6 is 0 Å². The van der Waals surface area contributed by atoms with Crippen molar-refractivity contribution in [2.24, 2.45) is 0 Å². The van der Waals surface area contributed by atoms with Crippen molar-refractivity contribution in [1.82, 2.24) is 13.7 Å². The van der Waals surface area contributed by atoms with Gasteiger partial charge in [0.2, 0.25) is 0 Å². The van der Waals surface area contributed by atoms with Crippen LogP contribution in [0, 0.1) is 22.7 Å². The third-order valence-corrected chi connectivity index (χ3v) is 11.1. The number of nitriles is 2. The average molecular weight is 700 g/mol. The first-order chi connectivity index (χ1) is 27.2. The Morgan fingerprint density at radius 2 is 0.855 bits per heavy atom. The monoisotopic (exact) mass is 699 g/mol. The van der Waals surface area contributed by atoms with Crippen molar-refractivity contribution in [3.8, 4) is 40.3 Å². The van der Waals surface area contributed by atoms with Crippen LogP contribution in [0.3, 0.4) is 0 Å². The molecule has 0 amide bonds. The topological polar surface area (TPSA) is 62.4 Å². The van der Waals surface area contributed by atoms with Gasteiger partial charge >= 0.3 is 0 Å². The average Bonchev–Trinajstić information content (AvgIpc) is 3.88. The van der Waals surface area contributed by atoms with E-state index in [0.29, 0.717) is 11.1 Å². The Kier molecular flexibility index (Phi) is 6.61. The van der Waals surface area contributed by atoms with Crippen LogP contribution in [0.15, 0.2) is 176 Å². The highest BCUT2D eigenvalue weighted by atomic mass is 15.0. The molecule has 0 aliphatic rings. The van der Waals surface area contributed by atoms with Crippen molar-refractivity contribution in [3.63, 3.8) is 0 Å². The second-order valence-corrected chi connectivity index (χ2v) is 14.0. The zero-order chi connectivity index (χ0) is 36.6. The van der Waals surface area contributed by atoms with Gasteiger partial charge in [-0.1, -0.05) is 97.1 Å². The first-order valence-electron chi connectivity index (χ1n) is 18.3. The number of fused-ring (bicyclic) bond motifs is 9. The molecule has 3 aromatic heterocycles.